The first-order valence-electron chi connectivity index (χ1n) is 6.99. The first kappa shape index (κ1) is 15.1. The lowest BCUT2D eigenvalue weighted by molar-refractivity contribution is 0.414. The Kier molecular flexibility index (Phi) is 4.66. The van der Waals surface area contributed by atoms with Gasteiger partial charge in [0.15, 0.2) is 0 Å². The molecule has 0 amide bonds. The summed E-state index contributed by atoms with van der Waals surface area (Å²) in [5.74, 6) is 0.864. The molecule has 0 aliphatic carbocycles. The second-order valence-corrected chi connectivity index (χ2v) is 5.19. The van der Waals surface area contributed by atoms with Crippen LogP contribution in [0.5, 0.6) is 5.75 Å². The Morgan fingerprint density at radius 1 is 1.33 bits per heavy atom. The number of methoxy groups -OCH3 is 1. The van der Waals surface area contributed by atoms with E-state index in [4.69, 9.17) is 10.00 Å². The Balaban J connectivity index is 2.03. The zero-order valence-electron chi connectivity index (χ0n) is 13.0. The van der Waals surface area contributed by atoms with Crippen molar-refractivity contribution in [2.24, 2.45) is 7.05 Å². The van der Waals surface area contributed by atoms with Gasteiger partial charge in [0.25, 0.3) is 0 Å². The fraction of sp³-hybridized carbons (Fsp3) is 0.353. The van der Waals surface area contributed by atoms with Crippen LogP contribution in [-0.4, -0.2) is 11.7 Å². The highest BCUT2D eigenvalue weighted by Crippen LogP contribution is 2.19. The van der Waals surface area contributed by atoms with E-state index in [1.54, 1.807) is 7.11 Å². The lowest BCUT2D eigenvalue weighted by Crippen LogP contribution is -2.18. The number of rotatable bonds is 5. The first-order valence-corrected chi connectivity index (χ1v) is 6.99. The van der Waals surface area contributed by atoms with Gasteiger partial charge in [-0.3, -0.25) is 0 Å². The molecule has 0 saturated heterocycles. The van der Waals surface area contributed by atoms with Gasteiger partial charge < -0.3 is 14.6 Å². The summed E-state index contributed by atoms with van der Waals surface area (Å²) in [4.78, 5) is 0. The monoisotopic (exact) mass is 283 g/mol. The van der Waals surface area contributed by atoms with Crippen molar-refractivity contribution in [3.8, 4) is 11.8 Å². The van der Waals surface area contributed by atoms with Gasteiger partial charge in [-0.25, -0.2) is 0 Å². The molecule has 4 heteroatoms. The SMILES string of the molecule is COc1ccc([C@H](C)NCc2cc(C#N)n(C)c2C)cc1. The van der Waals surface area contributed by atoms with Gasteiger partial charge in [-0.2, -0.15) is 5.26 Å². The normalized spacial score (nSPS) is 12.0. The molecule has 1 aromatic carbocycles. The van der Waals surface area contributed by atoms with Gasteiger partial charge >= 0.3 is 0 Å². The first-order chi connectivity index (χ1) is 10.1. The number of nitrogens with one attached hydrogen (secondary N) is 1. The van der Waals surface area contributed by atoms with Crippen molar-refractivity contribution in [3.05, 3.63) is 52.8 Å². The predicted molar refractivity (Wildman–Crippen MR) is 83.1 cm³/mol. The van der Waals surface area contributed by atoms with E-state index < -0.39 is 0 Å². The summed E-state index contributed by atoms with van der Waals surface area (Å²) < 4.78 is 7.09. The molecule has 0 unspecified atom stereocenters. The van der Waals surface area contributed by atoms with E-state index in [0.29, 0.717) is 5.69 Å². The third kappa shape index (κ3) is 3.26. The molecule has 1 heterocycles. The van der Waals surface area contributed by atoms with Gasteiger partial charge in [-0.15, -0.1) is 0 Å². The van der Waals surface area contributed by atoms with Crippen molar-refractivity contribution >= 4 is 0 Å². The van der Waals surface area contributed by atoms with E-state index in [-0.39, 0.29) is 6.04 Å². The lowest BCUT2D eigenvalue weighted by atomic mass is 10.1. The molecule has 0 bridgehead atoms. The Labute approximate surface area is 126 Å². The fourth-order valence-corrected chi connectivity index (χ4v) is 2.32. The maximum absolute atomic E-state index is 9.06. The van der Waals surface area contributed by atoms with E-state index in [2.05, 4.69) is 30.4 Å². The van der Waals surface area contributed by atoms with E-state index in [0.717, 1.165) is 23.6 Å². The highest BCUT2D eigenvalue weighted by molar-refractivity contribution is 5.34. The van der Waals surface area contributed by atoms with Crippen LogP contribution in [0.15, 0.2) is 30.3 Å². The van der Waals surface area contributed by atoms with Crippen LogP contribution in [0.1, 0.15) is 35.5 Å². The molecular formula is C17H21N3O. The van der Waals surface area contributed by atoms with Gasteiger partial charge in [0.05, 0.1) is 7.11 Å². The van der Waals surface area contributed by atoms with Crippen molar-refractivity contribution in [1.82, 2.24) is 9.88 Å². The Morgan fingerprint density at radius 2 is 2.00 bits per heavy atom. The van der Waals surface area contributed by atoms with Crippen LogP contribution in [0.3, 0.4) is 0 Å². The molecule has 4 nitrogen and oxygen atoms in total. The summed E-state index contributed by atoms with van der Waals surface area (Å²) in [6.07, 6.45) is 0. The van der Waals surface area contributed by atoms with Crippen LogP contribution < -0.4 is 10.1 Å². The summed E-state index contributed by atoms with van der Waals surface area (Å²) in [5, 5.41) is 12.6. The third-order valence-corrected chi connectivity index (χ3v) is 3.97. The summed E-state index contributed by atoms with van der Waals surface area (Å²) in [6.45, 7) is 4.91. The second-order valence-electron chi connectivity index (χ2n) is 5.19. The highest BCUT2D eigenvalue weighted by Gasteiger charge is 2.10. The number of nitriles is 1. The standard InChI is InChI=1S/C17H21N3O/c1-12(14-5-7-17(21-4)8-6-14)19-11-15-9-16(10-18)20(3)13(15)2/h5-9,12,19H,11H2,1-4H3/t12-/m0/s1. The molecule has 2 aromatic rings. The molecule has 2 rings (SSSR count). The van der Waals surface area contributed by atoms with Gasteiger partial charge in [0, 0.05) is 25.3 Å². The Bertz CT molecular complexity index is 650. The number of nitrogens with zero attached hydrogens (tertiary/aromatic N) is 2. The summed E-state index contributed by atoms with van der Waals surface area (Å²) >= 11 is 0. The minimum absolute atomic E-state index is 0.237. The van der Waals surface area contributed by atoms with E-state index in [1.165, 1.54) is 5.56 Å². The van der Waals surface area contributed by atoms with Crippen LogP contribution in [-0.2, 0) is 13.6 Å². The maximum Gasteiger partial charge on any atom is 0.120 e. The van der Waals surface area contributed by atoms with Crippen LogP contribution in [0, 0.1) is 18.3 Å². The molecule has 0 aliphatic heterocycles. The largest absolute Gasteiger partial charge is 0.497 e. The van der Waals surface area contributed by atoms with Crippen LogP contribution in [0.4, 0.5) is 0 Å². The molecule has 21 heavy (non-hydrogen) atoms. The topological polar surface area (TPSA) is 50.0 Å². The summed E-state index contributed by atoms with van der Waals surface area (Å²) in [7, 11) is 3.59. The molecular weight excluding hydrogens is 262 g/mol. The summed E-state index contributed by atoms with van der Waals surface area (Å²) in [5.41, 5.74) is 4.20. The van der Waals surface area contributed by atoms with E-state index >= 15 is 0 Å². The van der Waals surface area contributed by atoms with Crippen molar-refractivity contribution in [1.29, 1.82) is 5.26 Å². The second kappa shape index (κ2) is 6.47. The van der Waals surface area contributed by atoms with Crippen molar-refractivity contribution in [2.45, 2.75) is 26.4 Å². The molecule has 0 saturated carbocycles. The van der Waals surface area contributed by atoms with Crippen molar-refractivity contribution < 1.29 is 4.74 Å². The minimum Gasteiger partial charge on any atom is -0.497 e. The highest BCUT2D eigenvalue weighted by atomic mass is 16.5. The van der Waals surface area contributed by atoms with Crippen LogP contribution in [0.25, 0.3) is 0 Å². The molecule has 0 aliphatic rings. The Hall–Kier alpha value is -2.25. The third-order valence-electron chi connectivity index (χ3n) is 3.97. The van der Waals surface area contributed by atoms with Gasteiger partial charge in [0.2, 0.25) is 0 Å². The zero-order valence-corrected chi connectivity index (χ0v) is 13.0. The average molecular weight is 283 g/mol. The fourth-order valence-electron chi connectivity index (χ4n) is 2.32. The van der Waals surface area contributed by atoms with Crippen molar-refractivity contribution in [2.75, 3.05) is 7.11 Å². The van der Waals surface area contributed by atoms with Gasteiger partial charge in [-0.1, -0.05) is 12.1 Å². The number of aromatic nitrogens is 1. The van der Waals surface area contributed by atoms with E-state index in [1.807, 2.05) is 36.7 Å². The minimum atomic E-state index is 0.237. The number of benzene rings is 1. The zero-order chi connectivity index (χ0) is 15.4. The van der Waals surface area contributed by atoms with Crippen molar-refractivity contribution in [3.63, 3.8) is 0 Å². The molecule has 1 atom stereocenters. The molecule has 0 fully saturated rings. The maximum atomic E-state index is 9.06. The average Bonchev–Trinajstić information content (AvgIpc) is 2.80. The quantitative estimate of drug-likeness (QED) is 0.917. The smallest absolute Gasteiger partial charge is 0.120 e. The molecule has 110 valence electrons. The molecule has 0 spiro atoms. The predicted octanol–water partition coefficient (Wildman–Crippen LogP) is 3.06. The molecule has 1 N–H and O–H groups in total. The number of ether oxygens (including phenoxy) is 1. The Morgan fingerprint density at radius 3 is 2.52 bits per heavy atom. The summed E-state index contributed by atoms with van der Waals surface area (Å²) in [6, 6.07) is 12.5. The van der Waals surface area contributed by atoms with Gasteiger partial charge in [-0.05, 0) is 43.2 Å². The van der Waals surface area contributed by atoms with Crippen LogP contribution >= 0.6 is 0 Å². The number of hydrogen-bond acceptors (Lipinski definition) is 3. The number of hydrogen-bond donors (Lipinski definition) is 1. The van der Waals surface area contributed by atoms with Crippen LogP contribution in [0.2, 0.25) is 0 Å². The lowest BCUT2D eigenvalue weighted by Gasteiger charge is -2.15. The molecule has 1 aromatic heterocycles. The molecule has 0 radical (unpaired) electrons. The van der Waals surface area contributed by atoms with E-state index in [9.17, 15) is 0 Å². The van der Waals surface area contributed by atoms with Gasteiger partial charge in [0.1, 0.15) is 17.5 Å².